The molecule has 0 aliphatic carbocycles. The molecule has 0 saturated heterocycles. The van der Waals surface area contributed by atoms with Crippen LogP contribution in [0.3, 0.4) is 0 Å². The van der Waals surface area contributed by atoms with Crippen LogP contribution in [0.4, 0.5) is 0 Å². The Kier molecular flexibility index (Phi) is 60.2. The Morgan fingerprint density at radius 1 is 0.270 bits per heavy atom. The Balaban J connectivity index is 4.25. The van der Waals surface area contributed by atoms with Crippen LogP contribution >= 0.6 is 0 Å². The molecule has 0 aromatic carbocycles. The van der Waals surface area contributed by atoms with Gasteiger partial charge < -0.3 is 14.2 Å². The number of hydrogen-bond acceptors (Lipinski definition) is 6. The van der Waals surface area contributed by atoms with Crippen LogP contribution in [0, 0.1) is 0 Å². The number of carbonyl (C=O) groups excluding carboxylic acids is 3. The number of unbranched alkanes of at least 4 members (excludes halogenated alkanes) is 38. The van der Waals surface area contributed by atoms with Crippen LogP contribution in [-0.2, 0) is 28.6 Å². The molecule has 0 aromatic heterocycles. The van der Waals surface area contributed by atoms with E-state index in [-0.39, 0.29) is 31.1 Å². The lowest BCUT2D eigenvalue weighted by Gasteiger charge is -2.18. The lowest BCUT2D eigenvalue weighted by Crippen LogP contribution is -2.30. The standard InChI is InChI=1S/C68H122O6/c1-4-7-10-13-16-19-22-25-27-29-30-31-32-33-34-35-36-37-38-40-41-43-46-49-52-55-58-61-67(70)73-64-65(63-72-66(69)60-57-54-51-48-45-24-21-18-15-12-9-6-3)74-68(71)62-59-56-53-50-47-44-42-39-28-26-23-20-17-14-11-8-5-2/h18,21-22,25-26,28-30,32-33,65H,4-17,19-20,23-24,27,31,34-64H2,1-3H3/b21-18-,25-22-,28-26-,30-29-,33-32-. The topological polar surface area (TPSA) is 78.9 Å². The number of rotatable bonds is 59. The fraction of sp³-hybridized carbons (Fsp3) is 0.809. The van der Waals surface area contributed by atoms with Gasteiger partial charge in [0.2, 0.25) is 0 Å². The summed E-state index contributed by atoms with van der Waals surface area (Å²) >= 11 is 0. The monoisotopic (exact) mass is 1030 g/mol. The zero-order valence-electron chi connectivity index (χ0n) is 49.4. The minimum atomic E-state index is -0.780. The molecule has 0 amide bonds. The van der Waals surface area contributed by atoms with E-state index in [1.165, 1.54) is 218 Å². The van der Waals surface area contributed by atoms with Crippen LogP contribution in [0.2, 0.25) is 0 Å². The third-order valence-electron chi connectivity index (χ3n) is 14.2. The van der Waals surface area contributed by atoms with Crippen molar-refractivity contribution >= 4 is 17.9 Å². The van der Waals surface area contributed by atoms with E-state index in [1.807, 2.05) is 0 Å². The summed E-state index contributed by atoms with van der Waals surface area (Å²) in [6.07, 6.45) is 79.4. The van der Waals surface area contributed by atoms with Gasteiger partial charge in [-0.3, -0.25) is 14.4 Å². The number of ether oxygens (including phenoxy) is 3. The number of esters is 3. The molecule has 1 atom stereocenters. The molecule has 1 unspecified atom stereocenters. The van der Waals surface area contributed by atoms with Crippen LogP contribution in [0.15, 0.2) is 60.8 Å². The normalized spacial score (nSPS) is 12.4. The molecule has 0 aromatic rings. The summed E-state index contributed by atoms with van der Waals surface area (Å²) in [6.45, 7) is 6.62. The van der Waals surface area contributed by atoms with Crippen LogP contribution < -0.4 is 0 Å². The second-order valence-electron chi connectivity index (χ2n) is 21.7. The summed E-state index contributed by atoms with van der Waals surface area (Å²) in [5, 5.41) is 0. The minimum absolute atomic E-state index is 0.0775. The van der Waals surface area contributed by atoms with Gasteiger partial charge in [-0.2, -0.15) is 0 Å². The van der Waals surface area contributed by atoms with Gasteiger partial charge in [-0.25, -0.2) is 0 Å². The Morgan fingerprint density at radius 2 is 0.486 bits per heavy atom. The van der Waals surface area contributed by atoms with Crippen molar-refractivity contribution < 1.29 is 28.6 Å². The highest BCUT2D eigenvalue weighted by atomic mass is 16.6. The molecule has 0 fully saturated rings. The second-order valence-corrected chi connectivity index (χ2v) is 21.7. The molecular formula is C68H122O6. The largest absolute Gasteiger partial charge is 0.462 e. The zero-order chi connectivity index (χ0) is 53.6. The maximum Gasteiger partial charge on any atom is 0.306 e. The van der Waals surface area contributed by atoms with E-state index in [0.717, 1.165) is 77.0 Å². The third kappa shape index (κ3) is 60.0. The van der Waals surface area contributed by atoms with E-state index in [1.54, 1.807) is 0 Å². The van der Waals surface area contributed by atoms with Gasteiger partial charge >= 0.3 is 17.9 Å². The Morgan fingerprint density at radius 3 is 0.797 bits per heavy atom. The summed E-state index contributed by atoms with van der Waals surface area (Å²) in [6, 6.07) is 0. The first-order chi connectivity index (χ1) is 36.5. The van der Waals surface area contributed by atoms with Crippen LogP contribution in [-0.4, -0.2) is 37.2 Å². The second kappa shape index (κ2) is 62.6. The van der Waals surface area contributed by atoms with Crippen molar-refractivity contribution in [1.82, 2.24) is 0 Å². The first-order valence-corrected chi connectivity index (χ1v) is 32.3. The van der Waals surface area contributed by atoms with E-state index in [2.05, 4.69) is 81.5 Å². The lowest BCUT2D eigenvalue weighted by molar-refractivity contribution is -0.167. The highest BCUT2D eigenvalue weighted by Crippen LogP contribution is 2.16. The number of hydrogen-bond donors (Lipinski definition) is 0. The Labute approximate surface area is 460 Å². The van der Waals surface area contributed by atoms with Gasteiger partial charge in [0.25, 0.3) is 0 Å². The van der Waals surface area contributed by atoms with Crippen molar-refractivity contribution in [1.29, 1.82) is 0 Å². The van der Waals surface area contributed by atoms with Gasteiger partial charge in [0, 0.05) is 19.3 Å². The summed E-state index contributed by atoms with van der Waals surface area (Å²) in [4.78, 5) is 38.2. The zero-order valence-corrected chi connectivity index (χ0v) is 49.4. The summed E-state index contributed by atoms with van der Waals surface area (Å²) in [5.41, 5.74) is 0. The van der Waals surface area contributed by atoms with E-state index < -0.39 is 6.10 Å². The first-order valence-electron chi connectivity index (χ1n) is 32.3. The highest BCUT2D eigenvalue weighted by molar-refractivity contribution is 5.71. The molecule has 0 saturated carbocycles. The van der Waals surface area contributed by atoms with Crippen molar-refractivity contribution in [2.75, 3.05) is 13.2 Å². The average molecular weight is 1040 g/mol. The SMILES string of the molecule is CCCCC/C=C\CCCCCCCC(=O)OCC(COC(=O)CCCCCCCCCCCCCC/C=C\C/C=C\C/C=C\CCCCCCC)OC(=O)CCCCCCCCC/C=C\CCCCCCCC. The van der Waals surface area contributed by atoms with Crippen LogP contribution in [0.1, 0.15) is 335 Å². The Bertz CT molecular complexity index is 1330. The molecular weight excluding hydrogens is 913 g/mol. The van der Waals surface area contributed by atoms with E-state index in [0.29, 0.717) is 19.3 Å². The quantitative estimate of drug-likeness (QED) is 0.0261. The van der Waals surface area contributed by atoms with Crippen molar-refractivity contribution in [3.63, 3.8) is 0 Å². The molecule has 74 heavy (non-hydrogen) atoms. The van der Waals surface area contributed by atoms with Crippen molar-refractivity contribution in [3.8, 4) is 0 Å². The minimum Gasteiger partial charge on any atom is -0.462 e. The number of allylic oxidation sites excluding steroid dienone is 10. The highest BCUT2D eigenvalue weighted by Gasteiger charge is 2.19. The van der Waals surface area contributed by atoms with Gasteiger partial charge in [0.1, 0.15) is 13.2 Å². The van der Waals surface area contributed by atoms with E-state index in [9.17, 15) is 14.4 Å². The maximum atomic E-state index is 12.9. The molecule has 0 rings (SSSR count). The maximum absolute atomic E-state index is 12.9. The van der Waals surface area contributed by atoms with Crippen molar-refractivity contribution in [2.45, 2.75) is 341 Å². The van der Waals surface area contributed by atoms with Crippen molar-refractivity contribution in [3.05, 3.63) is 60.8 Å². The van der Waals surface area contributed by atoms with Crippen LogP contribution in [0.5, 0.6) is 0 Å². The van der Waals surface area contributed by atoms with Gasteiger partial charge in [-0.05, 0) is 109 Å². The molecule has 6 heteroatoms. The predicted molar refractivity (Wildman–Crippen MR) is 321 cm³/mol. The molecule has 6 nitrogen and oxygen atoms in total. The smallest absolute Gasteiger partial charge is 0.306 e. The van der Waals surface area contributed by atoms with Gasteiger partial charge in [-0.15, -0.1) is 0 Å². The molecule has 0 N–H and O–H groups in total. The van der Waals surface area contributed by atoms with Gasteiger partial charge in [0.15, 0.2) is 6.10 Å². The summed E-state index contributed by atoms with van der Waals surface area (Å²) in [7, 11) is 0. The Hall–Kier alpha value is -2.89. The van der Waals surface area contributed by atoms with E-state index >= 15 is 0 Å². The summed E-state index contributed by atoms with van der Waals surface area (Å²) in [5.74, 6) is -0.878. The number of carbonyl (C=O) groups is 3. The molecule has 0 heterocycles. The van der Waals surface area contributed by atoms with Crippen LogP contribution in [0.25, 0.3) is 0 Å². The van der Waals surface area contributed by atoms with Crippen molar-refractivity contribution in [2.24, 2.45) is 0 Å². The van der Waals surface area contributed by atoms with E-state index in [4.69, 9.17) is 14.2 Å². The first kappa shape index (κ1) is 71.1. The summed E-state index contributed by atoms with van der Waals surface area (Å²) < 4.78 is 16.9. The molecule has 0 radical (unpaired) electrons. The van der Waals surface area contributed by atoms with Gasteiger partial charge in [-0.1, -0.05) is 268 Å². The average Bonchev–Trinajstić information content (AvgIpc) is 3.40. The third-order valence-corrected chi connectivity index (χ3v) is 14.2. The molecule has 0 bridgehead atoms. The molecule has 0 aliphatic heterocycles. The molecule has 0 aliphatic rings. The fourth-order valence-corrected chi connectivity index (χ4v) is 9.32. The molecule has 0 spiro atoms. The fourth-order valence-electron chi connectivity index (χ4n) is 9.32. The predicted octanol–water partition coefficient (Wildman–Crippen LogP) is 21.9. The lowest BCUT2D eigenvalue weighted by atomic mass is 10.0. The molecule has 430 valence electrons. The van der Waals surface area contributed by atoms with Gasteiger partial charge in [0.05, 0.1) is 0 Å².